The van der Waals surface area contributed by atoms with E-state index >= 15 is 0 Å². The number of aliphatic carboxylic acids is 1. The lowest BCUT2D eigenvalue weighted by molar-refractivity contribution is -0.143. The maximum absolute atomic E-state index is 12.4. The topological polar surface area (TPSA) is 104 Å². The molecular formula is C18H26N2O5S. The van der Waals surface area contributed by atoms with Crippen LogP contribution in [0.2, 0.25) is 0 Å². The Kier molecular flexibility index (Phi) is 5.95. The Hall–Kier alpha value is -2.09. The van der Waals surface area contributed by atoms with Crippen LogP contribution in [-0.4, -0.2) is 48.3 Å². The summed E-state index contributed by atoms with van der Waals surface area (Å²) in [5.74, 6) is -1.54. The summed E-state index contributed by atoms with van der Waals surface area (Å²) in [6.07, 6.45) is 1.22. The number of urea groups is 1. The first-order valence-electron chi connectivity index (χ1n) is 8.59. The number of likely N-dealkylation sites (tertiary alicyclic amines) is 1. The molecule has 1 atom stereocenters. The monoisotopic (exact) mass is 382 g/mol. The molecule has 2 N–H and O–H groups in total. The highest BCUT2D eigenvalue weighted by Gasteiger charge is 2.30. The molecule has 0 spiro atoms. The molecule has 0 radical (unpaired) electrons. The predicted octanol–water partition coefficient (Wildman–Crippen LogP) is 2.73. The van der Waals surface area contributed by atoms with Gasteiger partial charge in [0.05, 0.1) is 16.4 Å². The average Bonchev–Trinajstić information content (AvgIpc) is 2.53. The van der Waals surface area contributed by atoms with Crippen LogP contribution in [0.25, 0.3) is 0 Å². The van der Waals surface area contributed by atoms with Crippen molar-refractivity contribution >= 4 is 27.5 Å². The molecule has 1 aromatic carbocycles. The zero-order valence-electron chi connectivity index (χ0n) is 15.4. The van der Waals surface area contributed by atoms with Gasteiger partial charge >= 0.3 is 12.0 Å². The molecule has 1 saturated heterocycles. The van der Waals surface area contributed by atoms with Gasteiger partial charge in [-0.15, -0.1) is 0 Å². The first-order valence-corrected chi connectivity index (χ1v) is 10.2. The number of nitrogens with zero attached hydrogens (tertiary/aromatic N) is 1. The molecule has 2 amide bonds. The molecule has 1 aliphatic rings. The predicted molar refractivity (Wildman–Crippen MR) is 99.8 cm³/mol. The molecule has 0 aromatic heterocycles. The van der Waals surface area contributed by atoms with Gasteiger partial charge in [-0.1, -0.05) is 12.1 Å². The lowest BCUT2D eigenvalue weighted by Crippen LogP contribution is -2.44. The van der Waals surface area contributed by atoms with E-state index in [1.165, 1.54) is 4.90 Å². The third kappa shape index (κ3) is 4.97. The summed E-state index contributed by atoms with van der Waals surface area (Å²) in [4.78, 5) is 25.0. The van der Waals surface area contributed by atoms with Gasteiger partial charge in [0.1, 0.15) is 0 Å². The van der Waals surface area contributed by atoms with Gasteiger partial charge in [0.25, 0.3) is 0 Å². The van der Waals surface area contributed by atoms with Crippen molar-refractivity contribution in [2.24, 2.45) is 5.92 Å². The minimum Gasteiger partial charge on any atom is -0.481 e. The molecule has 8 heteroatoms. The number of carbonyl (C=O) groups excluding carboxylic acids is 1. The lowest BCUT2D eigenvalue weighted by Gasteiger charge is -2.30. The zero-order chi connectivity index (χ0) is 19.5. The third-order valence-electron chi connectivity index (χ3n) is 4.53. The number of rotatable bonds is 4. The Morgan fingerprint density at radius 1 is 1.31 bits per heavy atom. The Morgan fingerprint density at radius 2 is 2.00 bits per heavy atom. The fourth-order valence-corrected chi connectivity index (χ4v) is 3.79. The summed E-state index contributed by atoms with van der Waals surface area (Å²) in [7, 11) is -3.32. The number of carboxylic acids is 1. The molecule has 7 nitrogen and oxygen atoms in total. The van der Waals surface area contributed by atoms with E-state index in [0.29, 0.717) is 30.6 Å². The maximum Gasteiger partial charge on any atom is 0.321 e. The quantitative estimate of drug-likeness (QED) is 0.833. The number of nitrogens with one attached hydrogen (secondary N) is 1. The number of benzene rings is 1. The van der Waals surface area contributed by atoms with Crippen LogP contribution in [0.1, 0.15) is 39.2 Å². The molecule has 1 unspecified atom stereocenters. The van der Waals surface area contributed by atoms with Gasteiger partial charge in [-0.2, -0.15) is 0 Å². The van der Waals surface area contributed by atoms with E-state index in [1.807, 2.05) is 0 Å². The Labute approximate surface area is 154 Å². The normalized spacial score (nSPS) is 18.4. The third-order valence-corrected chi connectivity index (χ3v) is 7.11. The number of anilines is 1. The fourth-order valence-electron chi connectivity index (χ4n) is 2.74. The van der Waals surface area contributed by atoms with Crippen molar-refractivity contribution in [1.29, 1.82) is 0 Å². The molecule has 0 aliphatic carbocycles. The standard InChI is InChI=1S/C18H26N2O5S/c1-18(2,3)26(24,25)12-13-6-4-8-15(10-13)19-17(23)20-9-5-7-14(11-20)16(21)22/h4,6,8,10,14H,5,7,9,11-12H2,1-3H3,(H,19,23)(H,21,22). The molecule has 1 fully saturated rings. The van der Waals surface area contributed by atoms with Gasteiger partial charge in [0, 0.05) is 18.8 Å². The molecule has 26 heavy (non-hydrogen) atoms. The van der Waals surface area contributed by atoms with E-state index in [4.69, 9.17) is 5.11 Å². The van der Waals surface area contributed by atoms with Crippen LogP contribution < -0.4 is 5.32 Å². The second-order valence-corrected chi connectivity index (χ2v) is 10.4. The highest BCUT2D eigenvalue weighted by molar-refractivity contribution is 7.91. The largest absolute Gasteiger partial charge is 0.481 e. The Bertz CT molecular complexity index is 783. The van der Waals surface area contributed by atoms with Gasteiger partial charge < -0.3 is 15.3 Å². The highest BCUT2D eigenvalue weighted by Crippen LogP contribution is 2.23. The number of carboxylic acid groups (broad SMARTS) is 1. The number of carbonyl (C=O) groups is 2. The number of amides is 2. The van der Waals surface area contributed by atoms with Crippen LogP contribution >= 0.6 is 0 Å². The van der Waals surface area contributed by atoms with Crippen LogP contribution in [0.5, 0.6) is 0 Å². The van der Waals surface area contributed by atoms with Crippen molar-refractivity contribution < 1.29 is 23.1 Å². The van der Waals surface area contributed by atoms with Crippen LogP contribution in [0.4, 0.5) is 10.5 Å². The van der Waals surface area contributed by atoms with E-state index in [0.717, 1.165) is 0 Å². The van der Waals surface area contributed by atoms with Gasteiger partial charge in [0.15, 0.2) is 9.84 Å². The smallest absolute Gasteiger partial charge is 0.321 e. The molecule has 2 rings (SSSR count). The Balaban J connectivity index is 2.06. The zero-order valence-corrected chi connectivity index (χ0v) is 16.2. The fraction of sp³-hybridized carbons (Fsp3) is 0.556. The van der Waals surface area contributed by atoms with E-state index in [1.54, 1.807) is 45.0 Å². The number of hydrogen-bond acceptors (Lipinski definition) is 4. The summed E-state index contributed by atoms with van der Waals surface area (Å²) >= 11 is 0. The van der Waals surface area contributed by atoms with Crippen molar-refractivity contribution in [2.75, 3.05) is 18.4 Å². The molecule has 1 aliphatic heterocycles. The van der Waals surface area contributed by atoms with Gasteiger partial charge in [-0.05, 0) is 51.3 Å². The van der Waals surface area contributed by atoms with Crippen LogP contribution in [0, 0.1) is 5.92 Å². The van der Waals surface area contributed by atoms with Gasteiger partial charge in [0.2, 0.25) is 0 Å². The van der Waals surface area contributed by atoms with Crippen molar-refractivity contribution in [1.82, 2.24) is 4.90 Å². The number of piperidine rings is 1. The number of sulfone groups is 1. The highest BCUT2D eigenvalue weighted by atomic mass is 32.2. The Morgan fingerprint density at radius 3 is 2.62 bits per heavy atom. The summed E-state index contributed by atoms with van der Waals surface area (Å²) in [6, 6.07) is 6.36. The summed E-state index contributed by atoms with van der Waals surface area (Å²) in [5.41, 5.74) is 1.09. The molecular weight excluding hydrogens is 356 g/mol. The summed E-state index contributed by atoms with van der Waals surface area (Å²) in [6.45, 7) is 5.66. The van der Waals surface area contributed by atoms with E-state index < -0.39 is 26.5 Å². The second kappa shape index (κ2) is 7.65. The molecule has 144 valence electrons. The van der Waals surface area contributed by atoms with Crippen molar-refractivity contribution in [2.45, 2.75) is 44.1 Å². The van der Waals surface area contributed by atoms with Gasteiger partial charge in [-0.3, -0.25) is 4.79 Å². The van der Waals surface area contributed by atoms with Crippen molar-refractivity contribution in [3.63, 3.8) is 0 Å². The van der Waals surface area contributed by atoms with Crippen molar-refractivity contribution in [3.8, 4) is 0 Å². The first kappa shape index (κ1) is 20.2. The van der Waals surface area contributed by atoms with Gasteiger partial charge in [-0.25, -0.2) is 13.2 Å². The summed E-state index contributed by atoms with van der Waals surface area (Å²) < 4.78 is 23.8. The van der Waals surface area contributed by atoms with Crippen LogP contribution in [0.15, 0.2) is 24.3 Å². The second-order valence-electron chi connectivity index (χ2n) is 7.63. The minimum absolute atomic E-state index is 0.106. The first-order chi connectivity index (χ1) is 12.0. The minimum atomic E-state index is -3.32. The average molecular weight is 382 g/mol. The van der Waals surface area contributed by atoms with E-state index in [-0.39, 0.29) is 18.3 Å². The molecule has 0 saturated carbocycles. The molecule has 1 aromatic rings. The van der Waals surface area contributed by atoms with Crippen LogP contribution in [0.3, 0.4) is 0 Å². The van der Waals surface area contributed by atoms with Crippen LogP contribution in [-0.2, 0) is 20.4 Å². The number of hydrogen-bond donors (Lipinski definition) is 2. The molecule has 1 heterocycles. The summed E-state index contributed by atoms with van der Waals surface area (Å²) in [5, 5.41) is 11.9. The maximum atomic E-state index is 12.4. The lowest BCUT2D eigenvalue weighted by atomic mass is 9.99. The molecule has 0 bridgehead atoms. The van der Waals surface area contributed by atoms with E-state index in [9.17, 15) is 18.0 Å². The van der Waals surface area contributed by atoms with Crippen molar-refractivity contribution in [3.05, 3.63) is 29.8 Å². The SMILES string of the molecule is CC(C)(C)S(=O)(=O)Cc1cccc(NC(=O)N2CCCC(C(=O)O)C2)c1. The van der Waals surface area contributed by atoms with E-state index in [2.05, 4.69) is 5.32 Å².